The van der Waals surface area contributed by atoms with E-state index in [2.05, 4.69) is 14.9 Å². The average molecular weight is 412 g/mol. The largest absolute Gasteiger partial charge is 0.372 e. The normalized spacial score (nSPS) is 19.1. The van der Waals surface area contributed by atoms with Gasteiger partial charge >= 0.3 is 0 Å². The van der Waals surface area contributed by atoms with E-state index in [4.69, 9.17) is 4.74 Å². The van der Waals surface area contributed by atoms with Crippen molar-refractivity contribution in [3.8, 4) is 11.3 Å². The van der Waals surface area contributed by atoms with Gasteiger partial charge < -0.3 is 14.5 Å². The quantitative estimate of drug-likeness (QED) is 0.712. The Morgan fingerprint density at radius 1 is 1.13 bits per heavy atom. The van der Waals surface area contributed by atoms with Crippen molar-refractivity contribution in [2.24, 2.45) is 5.92 Å². The second-order valence-electron chi connectivity index (χ2n) is 8.08. The van der Waals surface area contributed by atoms with Gasteiger partial charge in [-0.05, 0) is 50.4 Å². The first kappa shape index (κ1) is 20.7. The first-order chi connectivity index (χ1) is 14.7. The Bertz CT molecular complexity index is 893. The number of hydrogen-bond donors (Lipinski definition) is 0. The number of rotatable bonds is 6. The van der Waals surface area contributed by atoms with Crippen LogP contribution in [0.25, 0.3) is 11.3 Å². The lowest BCUT2D eigenvalue weighted by Crippen LogP contribution is -2.43. The first-order valence-electron chi connectivity index (χ1n) is 10.7. The van der Waals surface area contributed by atoms with Gasteiger partial charge in [0.05, 0.1) is 12.0 Å². The molecule has 0 saturated carbocycles. The van der Waals surface area contributed by atoms with Crippen molar-refractivity contribution in [2.45, 2.75) is 25.8 Å². The predicted molar refractivity (Wildman–Crippen MR) is 113 cm³/mol. The van der Waals surface area contributed by atoms with Gasteiger partial charge in [-0.2, -0.15) is 0 Å². The van der Waals surface area contributed by atoms with Crippen molar-refractivity contribution < 1.29 is 9.53 Å². The van der Waals surface area contributed by atoms with Gasteiger partial charge in [0.15, 0.2) is 0 Å². The molecule has 2 aromatic heterocycles. The topological polar surface area (TPSA) is 80.6 Å². The van der Waals surface area contributed by atoms with Gasteiger partial charge in [0.2, 0.25) is 5.91 Å². The van der Waals surface area contributed by atoms with Crippen molar-refractivity contribution in [1.82, 2.24) is 24.3 Å². The highest BCUT2D eigenvalue weighted by atomic mass is 16.5. The van der Waals surface area contributed by atoms with Crippen LogP contribution in [0.1, 0.15) is 19.3 Å². The van der Waals surface area contributed by atoms with Gasteiger partial charge in [-0.3, -0.25) is 19.1 Å². The average Bonchev–Trinajstić information content (AvgIpc) is 2.99. The summed E-state index contributed by atoms with van der Waals surface area (Å²) in [5.74, 6) is 0.571. The molecule has 0 unspecified atom stereocenters. The van der Waals surface area contributed by atoms with Gasteiger partial charge in [0.1, 0.15) is 6.61 Å². The van der Waals surface area contributed by atoms with Crippen molar-refractivity contribution in [3.63, 3.8) is 0 Å². The van der Waals surface area contributed by atoms with E-state index in [1.165, 1.54) is 0 Å². The molecule has 4 heterocycles. The molecule has 0 aromatic carbocycles. The SMILES string of the molecule is O=C1COCCCN1CCN1CCC(Cn2cnc(-c3cccnc3)cc2=O)CC1. The van der Waals surface area contributed by atoms with Crippen molar-refractivity contribution >= 4 is 5.91 Å². The number of amides is 1. The molecular weight excluding hydrogens is 382 g/mol. The Balaban J connectivity index is 1.26. The maximum Gasteiger partial charge on any atom is 0.253 e. The van der Waals surface area contributed by atoms with Gasteiger partial charge in [-0.25, -0.2) is 4.98 Å². The van der Waals surface area contributed by atoms with E-state index in [0.717, 1.165) is 57.5 Å². The molecule has 30 heavy (non-hydrogen) atoms. The molecule has 2 aliphatic rings. The Morgan fingerprint density at radius 3 is 2.77 bits per heavy atom. The molecule has 0 aliphatic carbocycles. The fourth-order valence-corrected chi connectivity index (χ4v) is 4.14. The number of carbonyl (C=O) groups is 1. The Hall–Kier alpha value is -2.58. The number of carbonyl (C=O) groups excluding carboxylic acids is 1. The smallest absolute Gasteiger partial charge is 0.253 e. The van der Waals surface area contributed by atoms with Crippen LogP contribution in [0.5, 0.6) is 0 Å². The van der Waals surface area contributed by atoms with E-state index < -0.39 is 0 Å². The number of pyridine rings is 1. The molecule has 0 N–H and O–H groups in total. The molecular formula is C22H29N5O3. The number of likely N-dealkylation sites (tertiary alicyclic amines) is 1. The van der Waals surface area contributed by atoms with Crippen LogP contribution in [-0.4, -0.2) is 76.2 Å². The summed E-state index contributed by atoms with van der Waals surface area (Å²) in [6.07, 6.45) is 8.09. The summed E-state index contributed by atoms with van der Waals surface area (Å²) in [7, 11) is 0. The number of nitrogens with zero attached hydrogens (tertiary/aromatic N) is 5. The van der Waals surface area contributed by atoms with Crippen LogP contribution in [0.2, 0.25) is 0 Å². The lowest BCUT2D eigenvalue weighted by atomic mass is 9.96. The van der Waals surface area contributed by atoms with E-state index in [-0.39, 0.29) is 18.1 Å². The van der Waals surface area contributed by atoms with Gasteiger partial charge in [0, 0.05) is 56.8 Å². The van der Waals surface area contributed by atoms with Gasteiger partial charge in [-0.15, -0.1) is 0 Å². The second-order valence-corrected chi connectivity index (χ2v) is 8.08. The molecule has 160 valence electrons. The summed E-state index contributed by atoms with van der Waals surface area (Å²) in [4.78, 5) is 37.4. The molecule has 0 bridgehead atoms. The Morgan fingerprint density at radius 2 is 2.00 bits per heavy atom. The van der Waals surface area contributed by atoms with E-state index >= 15 is 0 Å². The molecule has 1 amide bonds. The lowest BCUT2D eigenvalue weighted by Gasteiger charge is -2.33. The monoisotopic (exact) mass is 411 g/mol. The third-order valence-corrected chi connectivity index (χ3v) is 5.98. The molecule has 8 nitrogen and oxygen atoms in total. The number of piperidine rings is 1. The van der Waals surface area contributed by atoms with Crippen LogP contribution >= 0.6 is 0 Å². The lowest BCUT2D eigenvalue weighted by molar-refractivity contribution is -0.134. The maximum absolute atomic E-state index is 12.5. The zero-order valence-electron chi connectivity index (χ0n) is 17.3. The van der Waals surface area contributed by atoms with Crippen LogP contribution in [0.4, 0.5) is 0 Å². The molecule has 0 radical (unpaired) electrons. The zero-order chi connectivity index (χ0) is 20.8. The Labute approximate surface area is 176 Å². The maximum atomic E-state index is 12.5. The zero-order valence-corrected chi connectivity index (χ0v) is 17.3. The Kier molecular flexibility index (Phi) is 6.86. The third kappa shape index (κ3) is 5.31. The van der Waals surface area contributed by atoms with Crippen molar-refractivity contribution in [1.29, 1.82) is 0 Å². The molecule has 8 heteroatoms. The molecule has 4 rings (SSSR count). The van der Waals surface area contributed by atoms with Crippen LogP contribution in [0.3, 0.4) is 0 Å². The van der Waals surface area contributed by atoms with E-state index in [0.29, 0.717) is 24.8 Å². The minimum absolute atomic E-state index is 0.0202. The highest BCUT2D eigenvalue weighted by Gasteiger charge is 2.22. The summed E-state index contributed by atoms with van der Waals surface area (Å²) in [6, 6.07) is 5.34. The summed E-state index contributed by atoms with van der Waals surface area (Å²) >= 11 is 0. The molecule has 2 aromatic rings. The van der Waals surface area contributed by atoms with Gasteiger partial charge in [0.25, 0.3) is 5.56 Å². The number of aromatic nitrogens is 3. The standard InChI is InChI=1S/C22H29N5O3/c28-21-13-20(19-3-1-6-23-14-19)24-17-27(21)15-18-4-8-25(9-5-18)10-11-26-7-2-12-30-16-22(26)29/h1,3,6,13-14,17-18H,2,4-5,7-12,15-16H2. The molecule has 0 spiro atoms. The summed E-state index contributed by atoms with van der Waals surface area (Å²) in [6.45, 7) is 6.05. The first-order valence-corrected chi connectivity index (χ1v) is 10.7. The molecule has 2 saturated heterocycles. The van der Waals surface area contributed by atoms with E-state index in [1.54, 1.807) is 29.4 Å². The third-order valence-electron chi connectivity index (χ3n) is 5.98. The van der Waals surface area contributed by atoms with Crippen LogP contribution in [0, 0.1) is 5.92 Å². The minimum atomic E-state index is -0.0202. The molecule has 2 fully saturated rings. The van der Waals surface area contributed by atoms with Crippen LogP contribution in [-0.2, 0) is 16.1 Å². The van der Waals surface area contributed by atoms with E-state index in [1.807, 2.05) is 17.0 Å². The highest BCUT2D eigenvalue weighted by Crippen LogP contribution is 2.19. The van der Waals surface area contributed by atoms with Crippen LogP contribution < -0.4 is 5.56 Å². The fourth-order valence-electron chi connectivity index (χ4n) is 4.14. The predicted octanol–water partition coefficient (Wildman–Crippen LogP) is 1.27. The van der Waals surface area contributed by atoms with E-state index in [9.17, 15) is 9.59 Å². The molecule has 0 atom stereocenters. The van der Waals surface area contributed by atoms with Crippen LogP contribution in [0.15, 0.2) is 41.7 Å². The second kappa shape index (κ2) is 9.95. The minimum Gasteiger partial charge on any atom is -0.372 e. The van der Waals surface area contributed by atoms with Gasteiger partial charge in [-0.1, -0.05) is 0 Å². The summed E-state index contributed by atoms with van der Waals surface area (Å²) < 4.78 is 7.02. The summed E-state index contributed by atoms with van der Waals surface area (Å²) in [5.41, 5.74) is 1.49. The number of ether oxygens (including phenoxy) is 1. The molecule has 2 aliphatic heterocycles. The highest BCUT2D eigenvalue weighted by molar-refractivity contribution is 5.77. The van der Waals surface area contributed by atoms with Crippen molar-refractivity contribution in [3.05, 3.63) is 47.3 Å². The summed E-state index contributed by atoms with van der Waals surface area (Å²) in [5, 5.41) is 0. The number of hydrogen-bond acceptors (Lipinski definition) is 6. The fraction of sp³-hybridized carbons (Fsp3) is 0.545. The van der Waals surface area contributed by atoms with Crippen molar-refractivity contribution in [2.75, 3.05) is 45.9 Å².